The third kappa shape index (κ3) is 3.04. The Morgan fingerprint density at radius 3 is 2.48 bits per heavy atom. The molecule has 0 aliphatic rings. The van der Waals surface area contributed by atoms with Crippen molar-refractivity contribution in [3.8, 4) is 5.75 Å². The van der Waals surface area contributed by atoms with Gasteiger partial charge in [0.25, 0.3) is 5.91 Å². The Balaban J connectivity index is 1.91. The zero-order valence-electron chi connectivity index (χ0n) is 12.2. The molecule has 0 bridgehead atoms. The monoisotopic (exact) mass is 306 g/mol. The van der Waals surface area contributed by atoms with Gasteiger partial charge in [-0.15, -0.1) is 0 Å². The van der Waals surface area contributed by atoms with Gasteiger partial charge in [0.05, 0.1) is 5.56 Å². The average molecular weight is 306 g/mol. The number of nitrogen functional groups attached to an aromatic ring is 1. The molecule has 23 heavy (non-hydrogen) atoms. The zero-order valence-corrected chi connectivity index (χ0v) is 12.2. The number of hydrogen-bond donors (Lipinski definition) is 2. The van der Waals surface area contributed by atoms with Crippen molar-refractivity contribution in [2.24, 2.45) is 5.84 Å². The molecule has 0 saturated carbocycles. The number of hydrazine groups is 1. The van der Waals surface area contributed by atoms with E-state index >= 15 is 0 Å². The number of esters is 1. The Bertz CT molecular complexity index is 885. The van der Waals surface area contributed by atoms with E-state index in [0.717, 1.165) is 10.8 Å². The Morgan fingerprint density at radius 1 is 0.913 bits per heavy atom. The minimum Gasteiger partial charge on any atom is -0.423 e. The molecule has 3 aromatic rings. The lowest BCUT2D eigenvalue weighted by atomic mass is 10.0. The highest BCUT2D eigenvalue weighted by molar-refractivity contribution is 6.05. The van der Waals surface area contributed by atoms with E-state index in [9.17, 15) is 9.59 Å². The van der Waals surface area contributed by atoms with Crippen LogP contribution in [0.4, 0.5) is 0 Å². The molecule has 0 aromatic heterocycles. The van der Waals surface area contributed by atoms with E-state index in [1.807, 2.05) is 35.8 Å². The fraction of sp³-hybridized carbons (Fsp3) is 0. The Kier molecular flexibility index (Phi) is 4.03. The maximum atomic E-state index is 12.4. The van der Waals surface area contributed by atoms with E-state index in [0.29, 0.717) is 11.1 Å². The first-order chi connectivity index (χ1) is 11.2. The van der Waals surface area contributed by atoms with Gasteiger partial charge in [0.15, 0.2) is 0 Å². The van der Waals surface area contributed by atoms with Gasteiger partial charge in [-0.1, -0.05) is 42.5 Å². The number of nitrogens with one attached hydrogen (secondary N) is 1. The number of ether oxygens (including phenoxy) is 1. The molecule has 3 rings (SSSR count). The first-order valence-corrected chi connectivity index (χ1v) is 7.00. The number of fused-ring (bicyclic) bond motifs is 1. The van der Waals surface area contributed by atoms with Crippen LogP contribution >= 0.6 is 0 Å². The van der Waals surface area contributed by atoms with Gasteiger partial charge < -0.3 is 4.74 Å². The van der Waals surface area contributed by atoms with Crippen LogP contribution in [0, 0.1) is 0 Å². The van der Waals surface area contributed by atoms with E-state index in [4.69, 9.17) is 10.6 Å². The van der Waals surface area contributed by atoms with Gasteiger partial charge in [-0.25, -0.2) is 10.6 Å². The van der Waals surface area contributed by atoms with Crippen LogP contribution in [-0.2, 0) is 0 Å². The van der Waals surface area contributed by atoms with Crippen molar-refractivity contribution in [1.29, 1.82) is 0 Å². The van der Waals surface area contributed by atoms with Crippen molar-refractivity contribution in [1.82, 2.24) is 5.43 Å². The lowest BCUT2D eigenvalue weighted by molar-refractivity contribution is 0.0735. The van der Waals surface area contributed by atoms with Crippen LogP contribution in [0.3, 0.4) is 0 Å². The van der Waals surface area contributed by atoms with Crippen LogP contribution in [0.5, 0.6) is 5.75 Å². The van der Waals surface area contributed by atoms with E-state index in [-0.39, 0.29) is 5.75 Å². The highest BCUT2D eigenvalue weighted by Gasteiger charge is 2.13. The lowest BCUT2D eigenvalue weighted by Gasteiger charge is -2.08. The summed E-state index contributed by atoms with van der Waals surface area (Å²) in [5.41, 5.74) is 2.82. The van der Waals surface area contributed by atoms with Crippen molar-refractivity contribution in [3.05, 3.63) is 77.9 Å². The Morgan fingerprint density at radius 2 is 1.65 bits per heavy atom. The molecule has 0 unspecified atom stereocenters. The van der Waals surface area contributed by atoms with Gasteiger partial charge in [0, 0.05) is 5.56 Å². The summed E-state index contributed by atoms with van der Waals surface area (Å²) in [5.74, 6) is 4.45. The van der Waals surface area contributed by atoms with Crippen LogP contribution in [0.1, 0.15) is 20.7 Å². The molecule has 0 fully saturated rings. The predicted molar refractivity (Wildman–Crippen MR) is 87.0 cm³/mol. The zero-order chi connectivity index (χ0) is 16.2. The van der Waals surface area contributed by atoms with Crippen LogP contribution < -0.4 is 16.0 Å². The minimum absolute atomic E-state index is 0.282. The quantitative estimate of drug-likeness (QED) is 0.256. The standard InChI is InChI=1S/C18H14N2O3/c19-20-17(21)13-7-3-8-14(11-13)23-18(22)16-10-4-6-12-5-1-2-9-15(12)16/h1-11H,19H2,(H,20,21). The van der Waals surface area contributed by atoms with Crippen molar-refractivity contribution >= 4 is 22.6 Å². The molecule has 5 heteroatoms. The molecular weight excluding hydrogens is 292 g/mol. The largest absolute Gasteiger partial charge is 0.423 e. The molecule has 0 radical (unpaired) electrons. The van der Waals surface area contributed by atoms with Crippen LogP contribution in [-0.4, -0.2) is 11.9 Å². The Hall–Kier alpha value is -3.18. The van der Waals surface area contributed by atoms with Gasteiger partial charge in [-0.05, 0) is 35.0 Å². The fourth-order valence-electron chi connectivity index (χ4n) is 2.35. The predicted octanol–water partition coefficient (Wildman–Crippen LogP) is 2.66. The van der Waals surface area contributed by atoms with Crippen LogP contribution in [0.15, 0.2) is 66.7 Å². The van der Waals surface area contributed by atoms with Gasteiger partial charge in [0.2, 0.25) is 0 Å². The number of benzene rings is 3. The molecular formula is C18H14N2O3. The highest BCUT2D eigenvalue weighted by Crippen LogP contribution is 2.21. The van der Waals surface area contributed by atoms with Crippen molar-refractivity contribution in [2.45, 2.75) is 0 Å². The Labute approximate surface area is 132 Å². The van der Waals surface area contributed by atoms with E-state index in [1.165, 1.54) is 6.07 Å². The molecule has 0 aliphatic carbocycles. The summed E-state index contributed by atoms with van der Waals surface area (Å²) < 4.78 is 5.38. The fourth-order valence-corrected chi connectivity index (χ4v) is 2.35. The molecule has 114 valence electrons. The number of carbonyl (C=O) groups is 2. The molecule has 0 saturated heterocycles. The number of rotatable bonds is 3. The topological polar surface area (TPSA) is 81.4 Å². The minimum atomic E-state index is -0.480. The second kappa shape index (κ2) is 6.29. The molecule has 0 aliphatic heterocycles. The third-order valence-corrected chi connectivity index (χ3v) is 3.45. The van der Waals surface area contributed by atoms with Crippen molar-refractivity contribution in [2.75, 3.05) is 0 Å². The maximum absolute atomic E-state index is 12.4. The second-order valence-electron chi connectivity index (χ2n) is 4.92. The van der Waals surface area contributed by atoms with Crippen LogP contribution in [0.25, 0.3) is 10.8 Å². The lowest BCUT2D eigenvalue weighted by Crippen LogP contribution is -2.29. The molecule has 3 aromatic carbocycles. The van der Waals surface area contributed by atoms with E-state index in [1.54, 1.807) is 30.3 Å². The van der Waals surface area contributed by atoms with Gasteiger partial charge >= 0.3 is 5.97 Å². The molecule has 1 amide bonds. The molecule has 0 spiro atoms. The van der Waals surface area contributed by atoms with Gasteiger partial charge in [-0.3, -0.25) is 10.2 Å². The first kappa shape index (κ1) is 14.7. The SMILES string of the molecule is NNC(=O)c1cccc(OC(=O)c2cccc3ccccc23)c1. The average Bonchev–Trinajstić information content (AvgIpc) is 2.60. The molecule has 3 N–H and O–H groups in total. The maximum Gasteiger partial charge on any atom is 0.344 e. The summed E-state index contributed by atoms with van der Waals surface area (Å²) in [6.07, 6.45) is 0. The van der Waals surface area contributed by atoms with E-state index in [2.05, 4.69) is 0 Å². The summed E-state index contributed by atoms with van der Waals surface area (Å²) >= 11 is 0. The number of nitrogens with two attached hydrogens (primary N) is 1. The van der Waals surface area contributed by atoms with Gasteiger partial charge in [-0.2, -0.15) is 0 Å². The summed E-state index contributed by atoms with van der Waals surface area (Å²) in [6, 6.07) is 19.3. The summed E-state index contributed by atoms with van der Waals surface area (Å²) in [6.45, 7) is 0. The first-order valence-electron chi connectivity index (χ1n) is 7.00. The molecule has 0 heterocycles. The summed E-state index contributed by atoms with van der Waals surface area (Å²) in [4.78, 5) is 24.0. The highest BCUT2D eigenvalue weighted by atomic mass is 16.5. The number of carbonyl (C=O) groups excluding carboxylic acids is 2. The second-order valence-corrected chi connectivity index (χ2v) is 4.92. The number of hydrogen-bond acceptors (Lipinski definition) is 4. The molecule has 0 atom stereocenters. The van der Waals surface area contributed by atoms with Crippen LogP contribution in [0.2, 0.25) is 0 Å². The smallest absolute Gasteiger partial charge is 0.344 e. The van der Waals surface area contributed by atoms with Gasteiger partial charge in [0.1, 0.15) is 5.75 Å². The normalized spacial score (nSPS) is 10.3. The van der Waals surface area contributed by atoms with E-state index < -0.39 is 11.9 Å². The number of amides is 1. The third-order valence-electron chi connectivity index (χ3n) is 3.45. The molecule has 5 nitrogen and oxygen atoms in total. The van der Waals surface area contributed by atoms with Crippen molar-refractivity contribution in [3.63, 3.8) is 0 Å². The van der Waals surface area contributed by atoms with Crippen molar-refractivity contribution < 1.29 is 14.3 Å². The summed E-state index contributed by atoms with van der Waals surface area (Å²) in [5, 5.41) is 1.77. The summed E-state index contributed by atoms with van der Waals surface area (Å²) in [7, 11) is 0.